The summed E-state index contributed by atoms with van der Waals surface area (Å²) in [5.41, 5.74) is 1.82. The molecule has 0 amide bonds. The molecule has 2 nitrogen and oxygen atoms in total. The molecule has 2 unspecified atom stereocenters. The number of rotatable bonds is 5. The summed E-state index contributed by atoms with van der Waals surface area (Å²) in [7, 11) is 0. The van der Waals surface area contributed by atoms with E-state index in [0.717, 1.165) is 24.0 Å². The van der Waals surface area contributed by atoms with Crippen molar-refractivity contribution in [3.8, 4) is 11.5 Å². The van der Waals surface area contributed by atoms with Crippen LogP contribution < -0.4 is 0 Å². The normalized spacial score (nSPS) is 13.8. The van der Waals surface area contributed by atoms with Crippen molar-refractivity contribution < 1.29 is 10.2 Å². The van der Waals surface area contributed by atoms with Crippen LogP contribution in [0.4, 0.5) is 0 Å². The zero-order valence-electron chi connectivity index (χ0n) is 12.7. The van der Waals surface area contributed by atoms with Crippen LogP contribution in [0, 0.1) is 0 Å². The summed E-state index contributed by atoms with van der Waals surface area (Å²) < 4.78 is 0. The Bertz CT molecular complexity index is 598. The molecule has 2 N–H and O–H groups in total. The predicted molar refractivity (Wildman–Crippen MR) is 92.3 cm³/mol. The molecule has 0 aliphatic heterocycles. The lowest BCUT2D eigenvalue weighted by Crippen LogP contribution is -2.11. The van der Waals surface area contributed by atoms with Gasteiger partial charge in [0.2, 0.25) is 0 Å². The van der Waals surface area contributed by atoms with E-state index in [1.54, 1.807) is 36.4 Å². The van der Waals surface area contributed by atoms with E-state index in [-0.39, 0.29) is 23.3 Å². The molecule has 0 heterocycles. The third-order valence-corrected chi connectivity index (χ3v) is 4.81. The van der Waals surface area contributed by atoms with Crippen molar-refractivity contribution in [2.24, 2.45) is 0 Å². The first-order valence-corrected chi connectivity index (χ1v) is 8.20. The molecule has 22 heavy (non-hydrogen) atoms. The van der Waals surface area contributed by atoms with Gasteiger partial charge in [0, 0.05) is 10.0 Å². The van der Waals surface area contributed by atoms with E-state index in [4.69, 9.17) is 23.2 Å². The quantitative estimate of drug-likeness (QED) is 0.692. The molecule has 0 aromatic heterocycles. The van der Waals surface area contributed by atoms with Crippen LogP contribution >= 0.6 is 23.2 Å². The van der Waals surface area contributed by atoms with Crippen molar-refractivity contribution in [3.05, 3.63) is 57.6 Å². The molecule has 0 saturated carbocycles. The van der Waals surface area contributed by atoms with Crippen LogP contribution in [0.5, 0.6) is 11.5 Å². The largest absolute Gasteiger partial charge is 0.508 e. The van der Waals surface area contributed by atoms with Crippen molar-refractivity contribution in [3.63, 3.8) is 0 Å². The molecule has 0 saturated heterocycles. The van der Waals surface area contributed by atoms with Crippen molar-refractivity contribution >= 4 is 23.2 Å². The topological polar surface area (TPSA) is 40.5 Å². The van der Waals surface area contributed by atoms with E-state index in [9.17, 15) is 10.2 Å². The summed E-state index contributed by atoms with van der Waals surface area (Å²) in [4.78, 5) is 0. The molecule has 0 aliphatic rings. The lowest BCUT2D eigenvalue weighted by molar-refractivity contribution is 0.463. The first kappa shape index (κ1) is 17.0. The van der Waals surface area contributed by atoms with Crippen LogP contribution in [0.15, 0.2) is 36.4 Å². The van der Waals surface area contributed by atoms with Gasteiger partial charge in [-0.05, 0) is 72.2 Å². The highest BCUT2D eigenvalue weighted by Crippen LogP contribution is 2.44. The van der Waals surface area contributed by atoms with Crippen LogP contribution in [0.2, 0.25) is 10.0 Å². The van der Waals surface area contributed by atoms with Gasteiger partial charge in [-0.3, -0.25) is 0 Å². The maximum atomic E-state index is 9.78. The molecule has 0 radical (unpaired) electrons. The summed E-state index contributed by atoms with van der Waals surface area (Å²) in [5.74, 6) is 0.636. The summed E-state index contributed by atoms with van der Waals surface area (Å²) in [6.07, 6.45) is 1.71. The Morgan fingerprint density at radius 2 is 1.14 bits per heavy atom. The second-order valence-electron chi connectivity index (χ2n) is 5.44. The molecular weight excluding hydrogens is 319 g/mol. The van der Waals surface area contributed by atoms with Gasteiger partial charge in [-0.25, -0.2) is 0 Å². The molecular formula is C18H20Cl2O2. The summed E-state index contributed by atoms with van der Waals surface area (Å²) in [6, 6.07) is 10.0. The lowest BCUT2D eigenvalue weighted by atomic mass is 9.78. The van der Waals surface area contributed by atoms with Crippen LogP contribution in [-0.2, 0) is 0 Å². The number of phenolic OH excluding ortho intramolecular Hbond substituents is 2. The fraction of sp³-hybridized carbons (Fsp3) is 0.333. The van der Waals surface area contributed by atoms with Gasteiger partial charge in [-0.1, -0.05) is 37.0 Å². The maximum absolute atomic E-state index is 9.78. The van der Waals surface area contributed by atoms with Gasteiger partial charge in [0.15, 0.2) is 0 Å². The monoisotopic (exact) mass is 338 g/mol. The number of phenols is 2. The number of benzene rings is 2. The zero-order valence-corrected chi connectivity index (χ0v) is 14.2. The van der Waals surface area contributed by atoms with Gasteiger partial charge in [0.05, 0.1) is 0 Å². The number of aromatic hydroxyl groups is 2. The van der Waals surface area contributed by atoms with Gasteiger partial charge in [0.1, 0.15) is 11.5 Å². The van der Waals surface area contributed by atoms with E-state index in [2.05, 4.69) is 13.8 Å². The number of hydrogen-bond acceptors (Lipinski definition) is 2. The Labute approximate surface area is 141 Å². The first-order valence-electron chi connectivity index (χ1n) is 7.44. The second kappa shape index (κ2) is 7.26. The molecule has 0 fully saturated rings. The van der Waals surface area contributed by atoms with Gasteiger partial charge in [-0.2, -0.15) is 0 Å². The summed E-state index contributed by atoms with van der Waals surface area (Å²) in [6.45, 7) is 4.18. The lowest BCUT2D eigenvalue weighted by Gasteiger charge is -2.28. The average molecular weight is 339 g/mol. The maximum Gasteiger partial charge on any atom is 0.115 e. The van der Waals surface area contributed by atoms with Gasteiger partial charge in [0.25, 0.3) is 0 Å². The third-order valence-electron chi connectivity index (χ3n) is 4.12. The Hall–Kier alpha value is -1.38. The first-order chi connectivity index (χ1) is 10.5. The minimum Gasteiger partial charge on any atom is -0.508 e. The summed E-state index contributed by atoms with van der Waals surface area (Å²) >= 11 is 12.7. The SMILES string of the molecule is CCC(c1cc(O)ccc1Cl)C(CC)c1cc(O)ccc1Cl. The highest BCUT2D eigenvalue weighted by Gasteiger charge is 2.26. The van der Waals surface area contributed by atoms with E-state index in [0.29, 0.717) is 10.0 Å². The van der Waals surface area contributed by atoms with Crippen LogP contribution in [0.3, 0.4) is 0 Å². The fourth-order valence-corrected chi connectivity index (χ4v) is 3.59. The summed E-state index contributed by atoms with van der Waals surface area (Å²) in [5, 5.41) is 20.8. The van der Waals surface area contributed by atoms with Gasteiger partial charge in [-0.15, -0.1) is 0 Å². The highest BCUT2D eigenvalue weighted by molar-refractivity contribution is 6.32. The highest BCUT2D eigenvalue weighted by atomic mass is 35.5. The van der Waals surface area contributed by atoms with E-state index >= 15 is 0 Å². The predicted octanol–water partition coefficient (Wildman–Crippen LogP) is 6.09. The van der Waals surface area contributed by atoms with Crippen LogP contribution in [-0.4, -0.2) is 10.2 Å². The zero-order chi connectivity index (χ0) is 16.3. The van der Waals surface area contributed by atoms with E-state index in [1.807, 2.05) is 0 Å². The Balaban J connectivity index is 2.51. The molecule has 2 aromatic rings. The molecule has 2 rings (SSSR count). The van der Waals surface area contributed by atoms with Gasteiger partial charge < -0.3 is 10.2 Å². The molecule has 4 heteroatoms. The Morgan fingerprint density at radius 3 is 1.45 bits per heavy atom. The Kier molecular flexibility index (Phi) is 5.60. The minimum atomic E-state index is 0.115. The standard InChI is InChI=1S/C18H20Cl2O2/c1-3-13(15-9-11(21)5-7-17(15)19)14(4-2)16-10-12(22)6-8-18(16)20/h5-10,13-14,21-22H,3-4H2,1-2H3. The number of hydrogen-bond donors (Lipinski definition) is 2. The minimum absolute atomic E-state index is 0.115. The third kappa shape index (κ3) is 3.50. The van der Waals surface area contributed by atoms with E-state index < -0.39 is 0 Å². The van der Waals surface area contributed by atoms with Gasteiger partial charge >= 0.3 is 0 Å². The number of halogens is 2. The van der Waals surface area contributed by atoms with Crippen LogP contribution in [0.1, 0.15) is 49.7 Å². The fourth-order valence-electron chi connectivity index (χ4n) is 3.07. The molecule has 0 aliphatic carbocycles. The van der Waals surface area contributed by atoms with E-state index in [1.165, 1.54) is 0 Å². The molecule has 2 atom stereocenters. The molecule has 0 spiro atoms. The second-order valence-corrected chi connectivity index (χ2v) is 6.26. The average Bonchev–Trinajstić information content (AvgIpc) is 2.50. The molecule has 0 bridgehead atoms. The van der Waals surface area contributed by atoms with Crippen LogP contribution in [0.25, 0.3) is 0 Å². The molecule has 2 aromatic carbocycles. The van der Waals surface area contributed by atoms with Crippen molar-refractivity contribution in [2.75, 3.05) is 0 Å². The van der Waals surface area contributed by atoms with Crippen molar-refractivity contribution in [1.82, 2.24) is 0 Å². The van der Waals surface area contributed by atoms with Crippen molar-refractivity contribution in [2.45, 2.75) is 38.5 Å². The Morgan fingerprint density at radius 1 is 0.773 bits per heavy atom. The molecule has 118 valence electrons. The van der Waals surface area contributed by atoms with Crippen molar-refractivity contribution in [1.29, 1.82) is 0 Å². The smallest absolute Gasteiger partial charge is 0.115 e.